The van der Waals surface area contributed by atoms with Crippen molar-refractivity contribution in [3.63, 3.8) is 0 Å². The van der Waals surface area contributed by atoms with Gasteiger partial charge in [0, 0.05) is 24.3 Å². The van der Waals surface area contributed by atoms with Crippen molar-refractivity contribution < 1.29 is 8.42 Å². The molecule has 3 N–H and O–H groups in total. The Balaban J connectivity index is 2.06. The van der Waals surface area contributed by atoms with Crippen molar-refractivity contribution in [1.29, 1.82) is 0 Å². The predicted molar refractivity (Wildman–Crippen MR) is 53.4 cm³/mol. The van der Waals surface area contributed by atoms with E-state index >= 15 is 0 Å². The molecule has 0 unspecified atom stereocenters. The molecule has 0 atom stereocenters. The first-order valence-electron chi connectivity index (χ1n) is 4.28. The number of aromatic amines is 2. The van der Waals surface area contributed by atoms with Crippen molar-refractivity contribution in [2.45, 2.75) is 11.4 Å². The second-order valence-corrected chi connectivity index (χ2v) is 4.72. The van der Waals surface area contributed by atoms with Crippen LogP contribution < -0.4 is 4.72 Å². The molecule has 0 spiro atoms. The van der Waals surface area contributed by atoms with Crippen LogP contribution in [0.4, 0.5) is 0 Å². The standard InChI is InChI=1S/C8H10N4O2S/c13-15(14,8-1-2-9-5-8)12-4-7-3-10-6-11-7/h1-3,5-6,9,12H,4H2,(H,10,11). The van der Waals surface area contributed by atoms with Crippen molar-refractivity contribution in [2.75, 3.05) is 0 Å². The van der Waals surface area contributed by atoms with E-state index in [-0.39, 0.29) is 11.4 Å². The minimum Gasteiger partial charge on any atom is -0.366 e. The fourth-order valence-electron chi connectivity index (χ4n) is 1.11. The number of sulfonamides is 1. The lowest BCUT2D eigenvalue weighted by Gasteiger charge is -2.02. The van der Waals surface area contributed by atoms with Gasteiger partial charge in [0.25, 0.3) is 0 Å². The lowest BCUT2D eigenvalue weighted by atomic mass is 10.5. The zero-order valence-corrected chi connectivity index (χ0v) is 8.58. The minimum atomic E-state index is -3.42. The Labute approximate surface area is 86.8 Å². The average molecular weight is 226 g/mol. The third-order valence-corrected chi connectivity index (χ3v) is 3.29. The number of imidazole rings is 1. The summed E-state index contributed by atoms with van der Waals surface area (Å²) in [6, 6.07) is 1.50. The molecular formula is C8H10N4O2S. The van der Waals surface area contributed by atoms with E-state index in [0.29, 0.717) is 5.69 Å². The Morgan fingerprint density at radius 2 is 2.33 bits per heavy atom. The van der Waals surface area contributed by atoms with Gasteiger partial charge in [-0.1, -0.05) is 0 Å². The monoisotopic (exact) mass is 226 g/mol. The van der Waals surface area contributed by atoms with Gasteiger partial charge in [-0.15, -0.1) is 0 Å². The van der Waals surface area contributed by atoms with Crippen LogP contribution in [0.1, 0.15) is 5.69 Å². The number of nitrogens with one attached hydrogen (secondary N) is 3. The van der Waals surface area contributed by atoms with E-state index in [9.17, 15) is 8.42 Å². The maximum atomic E-state index is 11.6. The normalized spacial score (nSPS) is 11.7. The van der Waals surface area contributed by atoms with Crippen molar-refractivity contribution in [3.8, 4) is 0 Å². The zero-order valence-electron chi connectivity index (χ0n) is 7.77. The van der Waals surface area contributed by atoms with E-state index in [0.717, 1.165) is 0 Å². The first-order valence-corrected chi connectivity index (χ1v) is 5.76. The lowest BCUT2D eigenvalue weighted by Crippen LogP contribution is -2.22. The van der Waals surface area contributed by atoms with Gasteiger partial charge in [0.15, 0.2) is 0 Å². The van der Waals surface area contributed by atoms with Crippen LogP contribution in [0.3, 0.4) is 0 Å². The Kier molecular flexibility index (Phi) is 2.57. The van der Waals surface area contributed by atoms with Crippen LogP contribution in [0.2, 0.25) is 0 Å². The summed E-state index contributed by atoms with van der Waals surface area (Å²) in [5, 5.41) is 0. The third kappa shape index (κ3) is 2.25. The maximum Gasteiger partial charge on any atom is 0.242 e. The van der Waals surface area contributed by atoms with Gasteiger partial charge in [-0.25, -0.2) is 18.1 Å². The van der Waals surface area contributed by atoms with E-state index in [4.69, 9.17) is 0 Å². The van der Waals surface area contributed by atoms with Crippen LogP contribution in [0.25, 0.3) is 0 Å². The van der Waals surface area contributed by atoms with E-state index in [1.807, 2.05) is 0 Å². The van der Waals surface area contributed by atoms with Crippen molar-refractivity contribution in [1.82, 2.24) is 19.7 Å². The summed E-state index contributed by atoms with van der Waals surface area (Å²) in [6.45, 7) is 0.202. The highest BCUT2D eigenvalue weighted by Crippen LogP contribution is 2.06. The van der Waals surface area contributed by atoms with Crippen LogP contribution >= 0.6 is 0 Å². The van der Waals surface area contributed by atoms with E-state index in [1.54, 1.807) is 12.4 Å². The van der Waals surface area contributed by atoms with E-state index in [1.165, 1.54) is 18.6 Å². The highest BCUT2D eigenvalue weighted by atomic mass is 32.2. The Bertz CT molecular complexity index is 501. The predicted octanol–water partition coefficient (Wildman–Crippen LogP) is 0.216. The molecule has 0 aliphatic carbocycles. The van der Waals surface area contributed by atoms with Gasteiger partial charge in [-0.3, -0.25) is 0 Å². The number of hydrogen-bond donors (Lipinski definition) is 3. The van der Waals surface area contributed by atoms with E-state index < -0.39 is 10.0 Å². The molecule has 2 rings (SSSR count). The smallest absolute Gasteiger partial charge is 0.242 e. The lowest BCUT2D eigenvalue weighted by molar-refractivity contribution is 0.581. The number of nitrogens with zero attached hydrogens (tertiary/aromatic N) is 1. The second-order valence-electron chi connectivity index (χ2n) is 2.95. The van der Waals surface area contributed by atoms with Gasteiger partial charge in [0.1, 0.15) is 0 Å². The highest BCUT2D eigenvalue weighted by Gasteiger charge is 2.13. The van der Waals surface area contributed by atoms with Gasteiger partial charge in [-0.05, 0) is 6.07 Å². The maximum absolute atomic E-state index is 11.6. The molecule has 0 aliphatic heterocycles. The van der Waals surface area contributed by atoms with Crippen LogP contribution in [0, 0.1) is 0 Å². The molecule has 0 saturated carbocycles. The Hall–Kier alpha value is -1.60. The van der Waals surface area contributed by atoms with Crippen molar-refractivity contribution in [3.05, 3.63) is 36.7 Å². The number of hydrogen-bond acceptors (Lipinski definition) is 3. The molecule has 0 saturated heterocycles. The van der Waals surface area contributed by atoms with Crippen LogP contribution in [-0.4, -0.2) is 23.4 Å². The van der Waals surface area contributed by atoms with Gasteiger partial charge in [0.2, 0.25) is 10.0 Å². The molecular weight excluding hydrogens is 216 g/mol. The molecule has 80 valence electrons. The molecule has 2 aromatic heterocycles. The molecule has 2 aromatic rings. The quantitative estimate of drug-likeness (QED) is 0.696. The summed E-state index contributed by atoms with van der Waals surface area (Å²) in [6.07, 6.45) is 6.06. The van der Waals surface area contributed by atoms with Crippen LogP contribution in [0.5, 0.6) is 0 Å². The molecule has 0 aliphatic rings. The third-order valence-electron chi connectivity index (χ3n) is 1.89. The van der Waals surface area contributed by atoms with E-state index in [2.05, 4.69) is 19.7 Å². The molecule has 2 heterocycles. The minimum absolute atomic E-state index is 0.202. The fraction of sp³-hybridized carbons (Fsp3) is 0.125. The molecule has 7 heteroatoms. The molecule has 0 aromatic carbocycles. The Morgan fingerprint density at radius 3 is 2.93 bits per heavy atom. The first kappa shape index (κ1) is 9.94. The van der Waals surface area contributed by atoms with Crippen LogP contribution in [-0.2, 0) is 16.6 Å². The molecule has 15 heavy (non-hydrogen) atoms. The van der Waals surface area contributed by atoms with Gasteiger partial charge < -0.3 is 9.97 Å². The highest BCUT2D eigenvalue weighted by molar-refractivity contribution is 7.89. The number of H-pyrrole nitrogens is 2. The first-order chi connectivity index (χ1) is 7.18. The summed E-state index contributed by atoms with van der Waals surface area (Å²) >= 11 is 0. The van der Waals surface area contributed by atoms with Crippen molar-refractivity contribution in [2.24, 2.45) is 0 Å². The summed E-state index contributed by atoms with van der Waals surface area (Å²) < 4.78 is 25.7. The molecule has 0 amide bonds. The van der Waals surface area contributed by atoms with Gasteiger partial charge in [0.05, 0.1) is 17.8 Å². The van der Waals surface area contributed by atoms with Gasteiger partial charge in [-0.2, -0.15) is 0 Å². The SMILES string of the molecule is O=S(=O)(NCc1cnc[nH]1)c1cc[nH]c1. The number of aromatic nitrogens is 3. The zero-order chi connectivity index (χ0) is 10.7. The average Bonchev–Trinajstić information content (AvgIpc) is 2.88. The van der Waals surface area contributed by atoms with Crippen LogP contribution in [0.15, 0.2) is 35.9 Å². The van der Waals surface area contributed by atoms with Crippen molar-refractivity contribution >= 4 is 10.0 Å². The molecule has 0 fully saturated rings. The fourth-order valence-corrected chi connectivity index (χ4v) is 2.10. The number of rotatable bonds is 4. The topological polar surface area (TPSA) is 90.6 Å². The molecule has 6 nitrogen and oxygen atoms in total. The second kappa shape index (κ2) is 3.87. The molecule has 0 radical (unpaired) electrons. The largest absolute Gasteiger partial charge is 0.366 e. The summed E-state index contributed by atoms with van der Waals surface area (Å²) in [7, 11) is -3.42. The van der Waals surface area contributed by atoms with Gasteiger partial charge >= 0.3 is 0 Å². The Morgan fingerprint density at radius 1 is 1.47 bits per heavy atom. The molecule has 0 bridgehead atoms. The summed E-state index contributed by atoms with van der Waals surface area (Å²) in [5.41, 5.74) is 0.717. The summed E-state index contributed by atoms with van der Waals surface area (Å²) in [4.78, 5) is 9.51. The summed E-state index contributed by atoms with van der Waals surface area (Å²) in [5.74, 6) is 0.